The van der Waals surface area contributed by atoms with E-state index in [0.717, 1.165) is 5.56 Å². The highest BCUT2D eigenvalue weighted by Gasteiger charge is 2.47. The maximum absolute atomic E-state index is 13.2. The van der Waals surface area contributed by atoms with Crippen molar-refractivity contribution in [3.63, 3.8) is 0 Å². The topological polar surface area (TPSA) is 66.8 Å². The molecule has 1 atom stereocenters. The van der Waals surface area contributed by atoms with Crippen molar-refractivity contribution in [1.29, 1.82) is 0 Å². The van der Waals surface area contributed by atoms with Gasteiger partial charge in [0.05, 0.1) is 18.7 Å². The molecule has 3 aromatic carbocycles. The zero-order chi connectivity index (χ0) is 23.9. The summed E-state index contributed by atoms with van der Waals surface area (Å²) in [6, 6.07) is 16.2. The zero-order valence-corrected chi connectivity index (χ0v) is 19.7. The van der Waals surface area contributed by atoms with Crippen LogP contribution in [0.2, 0.25) is 10.0 Å². The highest BCUT2D eigenvalue weighted by atomic mass is 35.5. The number of hydrogen-bond acceptors (Lipinski definition) is 4. The SMILES string of the molecule is COc1ccc(/C(O)=C2\C(=O)C(=O)N(c3ccc(C)c(Cl)c3)C2c2ccc(Cl)cc2)c(C)c1. The van der Waals surface area contributed by atoms with Crippen molar-refractivity contribution in [2.24, 2.45) is 0 Å². The molecule has 1 heterocycles. The van der Waals surface area contributed by atoms with Gasteiger partial charge in [0, 0.05) is 21.3 Å². The molecule has 5 nitrogen and oxygen atoms in total. The Morgan fingerprint density at radius 2 is 1.64 bits per heavy atom. The Hall–Kier alpha value is -3.28. The largest absolute Gasteiger partial charge is 0.507 e. The maximum atomic E-state index is 13.2. The van der Waals surface area contributed by atoms with Gasteiger partial charge in [0.15, 0.2) is 0 Å². The monoisotopic (exact) mass is 481 g/mol. The lowest BCUT2D eigenvalue weighted by atomic mass is 9.93. The third-order valence-corrected chi connectivity index (χ3v) is 6.41. The van der Waals surface area contributed by atoms with Gasteiger partial charge in [0.2, 0.25) is 0 Å². The fourth-order valence-electron chi connectivity index (χ4n) is 3.96. The number of hydrogen-bond donors (Lipinski definition) is 1. The van der Waals surface area contributed by atoms with E-state index in [9.17, 15) is 14.7 Å². The van der Waals surface area contributed by atoms with Crippen molar-refractivity contribution in [2.75, 3.05) is 12.0 Å². The number of benzene rings is 3. The molecule has 4 rings (SSSR count). The third-order valence-electron chi connectivity index (χ3n) is 5.75. The molecule has 1 N–H and O–H groups in total. The summed E-state index contributed by atoms with van der Waals surface area (Å²) in [6.45, 7) is 3.65. The van der Waals surface area contributed by atoms with Gasteiger partial charge >= 0.3 is 0 Å². The molecule has 1 amide bonds. The fraction of sp³-hybridized carbons (Fsp3) is 0.154. The van der Waals surface area contributed by atoms with Crippen LogP contribution in [0.3, 0.4) is 0 Å². The number of carbonyl (C=O) groups excluding carboxylic acids is 2. The number of carbonyl (C=O) groups is 2. The Labute approximate surface area is 201 Å². The normalized spacial score (nSPS) is 17.5. The lowest BCUT2D eigenvalue weighted by Crippen LogP contribution is -2.29. The summed E-state index contributed by atoms with van der Waals surface area (Å²) in [5.41, 5.74) is 3.06. The van der Waals surface area contributed by atoms with Crippen LogP contribution >= 0.6 is 23.2 Å². The first-order valence-electron chi connectivity index (χ1n) is 10.2. The molecule has 33 heavy (non-hydrogen) atoms. The second-order valence-corrected chi connectivity index (χ2v) is 8.68. The highest BCUT2D eigenvalue weighted by molar-refractivity contribution is 6.52. The van der Waals surface area contributed by atoms with Crippen LogP contribution in [0.5, 0.6) is 5.75 Å². The Morgan fingerprint density at radius 1 is 0.939 bits per heavy atom. The third kappa shape index (κ3) is 4.10. The first-order valence-corrected chi connectivity index (χ1v) is 11.0. The number of halogens is 2. The molecule has 0 aliphatic carbocycles. The van der Waals surface area contributed by atoms with Crippen LogP contribution in [0.25, 0.3) is 5.76 Å². The average molecular weight is 482 g/mol. The number of aliphatic hydroxyl groups excluding tert-OH is 1. The number of amides is 1. The van der Waals surface area contributed by atoms with Crippen LogP contribution < -0.4 is 9.64 Å². The molecule has 168 valence electrons. The quantitative estimate of drug-likeness (QED) is 0.271. The number of aliphatic hydroxyl groups is 1. The van der Waals surface area contributed by atoms with Gasteiger partial charge in [0.1, 0.15) is 11.5 Å². The van der Waals surface area contributed by atoms with Crippen LogP contribution in [0.4, 0.5) is 5.69 Å². The zero-order valence-electron chi connectivity index (χ0n) is 18.2. The molecule has 1 unspecified atom stereocenters. The molecule has 1 aliphatic rings. The Morgan fingerprint density at radius 3 is 2.24 bits per heavy atom. The van der Waals surface area contributed by atoms with E-state index in [0.29, 0.717) is 38.2 Å². The molecular formula is C26H21Cl2NO4. The van der Waals surface area contributed by atoms with Gasteiger partial charge in [-0.25, -0.2) is 0 Å². The molecule has 1 saturated heterocycles. The van der Waals surface area contributed by atoms with E-state index in [1.165, 1.54) is 4.90 Å². The molecule has 3 aromatic rings. The number of rotatable bonds is 4. The molecule has 1 fully saturated rings. The summed E-state index contributed by atoms with van der Waals surface area (Å²) >= 11 is 12.4. The van der Waals surface area contributed by atoms with Gasteiger partial charge in [-0.3, -0.25) is 14.5 Å². The number of ether oxygens (including phenoxy) is 1. The molecule has 0 spiro atoms. The number of aryl methyl sites for hydroxylation is 2. The molecule has 0 aromatic heterocycles. The molecule has 0 radical (unpaired) electrons. The summed E-state index contributed by atoms with van der Waals surface area (Å²) < 4.78 is 5.24. The van der Waals surface area contributed by atoms with Crippen LogP contribution in [-0.4, -0.2) is 23.9 Å². The standard InChI is InChI=1S/C26H21Cl2NO4/c1-14-4-9-18(13-21(14)28)29-23(16-5-7-17(27)8-6-16)22(25(31)26(29)32)24(30)20-11-10-19(33-3)12-15(20)2/h4-13,23,30H,1-3H3/b24-22+. The number of methoxy groups -OCH3 is 1. The summed E-state index contributed by atoms with van der Waals surface area (Å²) in [6.07, 6.45) is 0. The van der Waals surface area contributed by atoms with Gasteiger partial charge in [-0.1, -0.05) is 41.4 Å². The van der Waals surface area contributed by atoms with Crippen molar-refractivity contribution in [3.8, 4) is 5.75 Å². The summed E-state index contributed by atoms with van der Waals surface area (Å²) in [5.74, 6) is -1.16. The summed E-state index contributed by atoms with van der Waals surface area (Å²) in [7, 11) is 1.55. The van der Waals surface area contributed by atoms with Crippen molar-refractivity contribution >= 4 is 46.3 Å². The van der Waals surface area contributed by atoms with Gasteiger partial charge < -0.3 is 9.84 Å². The van der Waals surface area contributed by atoms with E-state index in [1.807, 2.05) is 6.92 Å². The van der Waals surface area contributed by atoms with Crippen LogP contribution in [-0.2, 0) is 9.59 Å². The second-order valence-electron chi connectivity index (χ2n) is 7.83. The molecule has 7 heteroatoms. The summed E-state index contributed by atoms with van der Waals surface area (Å²) in [4.78, 5) is 27.8. The van der Waals surface area contributed by atoms with E-state index in [-0.39, 0.29) is 11.3 Å². The molecule has 1 aliphatic heterocycles. The average Bonchev–Trinajstić information content (AvgIpc) is 3.06. The smallest absolute Gasteiger partial charge is 0.300 e. The summed E-state index contributed by atoms with van der Waals surface area (Å²) in [5, 5.41) is 12.3. The van der Waals surface area contributed by atoms with E-state index in [1.54, 1.807) is 74.7 Å². The minimum atomic E-state index is -0.859. The van der Waals surface area contributed by atoms with Crippen molar-refractivity contribution in [3.05, 3.63) is 98.5 Å². The van der Waals surface area contributed by atoms with Crippen LogP contribution in [0.15, 0.2) is 66.2 Å². The number of Topliss-reactive ketones (excluding diaryl/α,β-unsaturated/α-hetero) is 1. The fourth-order valence-corrected chi connectivity index (χ4v) is 4.27. The maximum Gasteiger partial charge on any atom is 0.300 e. The number of ketones is 1. The predicted octanol–water partition coefficient (Wildman–Crippen LogP) is 6.25. The van der Waals surface area contributed by atoms with Gasteiger partial charge in [-0.2, -0.15) is 0 Å². The van der Waals surface area contributed by atoms with Crippen molar-refractivity contribution < 1.29 is 19.4 Å². The lowest BCUT2D eigenvalue weighted by molar-refractivity contribution is -0.132. The van der Waals surface area contributed by atoms with Crippen LogP contribution in [0.1, 0.15) is 28.3 Å². The minimum Gasteiger partial charge on any atom is -0.507 e. The molecular weight excluding hydrogens is 461 g/mol. The Balaban J connectivity index is 1.96. The van der Waals surface area contributed by atoms with Gasteiger partial charge in [0.25, 0.3) is 11.7 Å². The first kappa shape index (κ1) is 22.9. The van der Waals surface area contributed by atoms with Gasteiger partial charge in [-0.05, 0) is 73.0 Å². The van der Waals surface area contributed by atoms with Gasteiger partial charge in [-0.15, -0.1) is 0 Å². The van der Waals surface area contributed by atoms with Crippen LogP contribution in [0, 0.1) is 13.8 Å². The van der Waals surface area contributed by atoms with Crippen molar-refractivity contribution in [2.45, 2.75) is 19.9 Å². The lowest BCUT2D eigenvalue weighted by Gasteiger charge is -2.26. The molecule has 0 saturated carbocycles. The molecule has 0 bridgehead atoms. The second kappa shape index (κ2) is 8.93. The van der Waals surface area contributed by atoms with E-state index in [2.05, 4.69) is 0 Å². The Kier molecular flexibility index (Phi) is 6.19. The first-order chi connectivity index (χ1) is 15.7. The van der Waals surface area contributed by atoms with Crippen molar-refractivity contribution in [1.82, 2.24) is 0 Å². The highest BCUT2D eigenvalue weighted by Crippen LogP contribution is 2.43. The number of nitrogens with zero attached hydrogens (tertiary/aromatic N) is 1. The van der Waals surface area contributed by atoms with E-state index in [4.69, 9.17) is 27.9 Å². The Bertz CT molecular complexity index is 1300. The van der Waals surface area contributed by atoms with E-state index >= 15 is 0 Å². The van der Waals surface area contributed by atoms with E-state index < -0.39 is 17.7 Å². The predicted molar refractivity (Wildman–Crippen MR) is 130 cm³/mol. The minimum absolute atomic E-state index is 0.00714. The number of anilines is 1.